The molecule has 0 fully saturated rings. The Balaban J connectivity index is 2.47. The molecule has 78 valence electrons. The molecule has 0 saturated carbocycles. The standard InChI is InChI=1S/C12H18BrN/c1-9(2)6-11(13)7-12-5-4-10(3)8-14-12/h4-5,8-9,11H,6-7H2,1-3H3. The van der Waals surface area contributed by atoms with Crippen molar-refractivity contribution in [2.45, 2.75) is 38.4 Å². The van der Waals surface area contributed by atoms with Gasteiger partial charge in [0.2, 0.25) is 0 Å². The summed E-state index contributed by atoms with van der Waals surface area (Å²) < 4.78 is 0. The van der Waals surface area contributed by atoms with Crippen molar-refractivity contribution in [1.82, 2.24) is 4.98 Å². The third kappa shape index (κ3) is 4.23. The largest absolute Gasteiger partial charge is 0.261 e. The first-order valence-corrected chi connectivity index (χ1v) is 6.05. The third-order valence-electron chi connectivity index (χ3n) is 2.13. The Morgan fingerprint density at radius 3 is 2.57 bits per heavy atom. The van der Waals surface area contributed by atoms with Gasteiger partial charge in [-0.3, -0.25) is 4.98 Å². The van der Waals surface area contributed by atoms with Gasteiger partial charge in [0.1, 0.15) is 0 Å². The van der Waals surface area contributed by atoms with E-state index < -0.39 is 0 Å². The number of aromatic nitrogens is 1. The van der Waals surface area contributed by atoms with Gasteiger partial charge in [-0.25, -0.2) is 0 Å². The lowest BCUT2D eigenvalue weighted by atomic mass is 10.0. The highest BCUT2D eigenvalue weighted by atomic mass is 79.9. The Kier molecular flexibility index (Phi) is 4.59. The van der Waals surface area contributed by atoms with E-state index in [0.717, 1.165) is 12.3 Å². The zero-order valence-corrected chi connectivity index (χ0v) is 10.7. The molecule has 0 N–H and O–H groups in total. The van der Waals surface area contributed by atoms with Crippen LogP contribution in [0.3, 0.4) is 0 Å². The Morgan fingerprint density at radius 2 is 2.07 bits per heavy atom. The van der Waals surface area contributed by atoms with Crippen molar-refractivity contribution in [3.63, 3.8) is 0 Å². The van der Waals surface area contributed by atoms with E-state index in [2.05, 4.69) is 53.8 Å². The summed E-state index contributed by atoms with van der Waals surface area (Å²) in [7, 11) is 0. The summed E-state index contributed by atoms with van der Waals surface area (Å²) in [5.74, 6) is 0.741. The maximum absolute atomic E-state index is 4.40. The second-order valence-electron chi connectivity index (χ2n) is 4.26. The van der Waals surface area contributed by atoms with E-state index in [1.54, 1.807) is 0 Å². The van der Waals surface area contributed by atoms with Crippen LogP contribution in [0.1, 0.15) is 31.5 Å². The minimum Gasteiger partial charge on any atom is -0.261 e. The molecular weight excluding hydrogens is 238 g/mol. The van der Waals surface area contributed by atoms with Gasteiger partial charge in [0.25, 0.3) is 0 Å². The summed E-state index contributed by atoms with van der Waals surface area (Å²) >= 11 is 3.69. The molecule has 1 heterocycles. The van der Waals surface area contributed by atoms with Crippen molar-refractivity contribution in [2.24, 2.45) is 5.92 Å². The monoisotopic (exact) mass is 255 g/mol. The van der Waals surface area contributed by atoms with Crippen molar-refractivity contribution >= 4 is 15.9 Å². The maximum Gasteiger partial charge on any atom is 0.0414 e. The minimum atomic E-state index is 0.553. The molecule has 1 unspecified atom stereocenters. The number of alkyl halides is 1. The zero-order valence-electron chi connectivity index (χ0n) is 9.13. The van der Waals surface area contributed by atoms with Crippen LogP contribution in [-0.4, -0.2) is 9.81 Å². The maximum atomic E-state index is 4.40. The van der Waals surface area contributed by atoms with Gasteiger partial charge < -0.3 is 0 Å². The van der Waals surface area contributed by atoms with E-state index in [1.807, 2.05) is 6.20 Å². The molecule has 1 aromatic heterocycles. The number of hydrogen-bond donors (Lipinski definition) is 0. The molecule has 0 amide bonds. The highest BCUT2D eigenvalue weighted by molar-refractivity contribution is 9.09. The molecule has 0 spiro atoms. The normalized spacial score (nSPS) is 13.2. The topological polar surface area (TPSA) is 12.9 Å². The van der Waals surface area contributed by atoms with Gasteiger partial charge in [-0.05, 0) is 30.9 Å². The lowest BCUT2D eigenvalue weighted by Crippen LogP contribution is -2.07. The Bertz CT molecular complexity index is 266. The Morgan fingerprint density at radius 1 is 1.36 bits per heavy atom. The van der Waals surface area contributed by atoms with Crippen molar-refractivity contribution in [2.75, 3.05) is 0 Å². The summed E-state index contributed by atoms with van der Waals surface area (Å²) in [6.45, 7) is 6.56. The van der Waals surface area contributed by atoms with Crippen molar-refractivity contribution in [3.8, 4) is 0 Å². The molecule has 1 rings (SSSR count). The van der Waals surface area contributed by atoms with Gasteiger partial charge in [0.15, 0.2) is 0 Å². The highest BCUT2D eigenvalue weighted by Gasteiger charge is 2.08. The molecular formula is C12H18BrN. The van der Waals surface area contributed by atoms with Crippen molar-refractivity contribution < 1.29 is 0 Å². The Labute approximate surface area is 95.1 Å². The fourth-order valence-electron chi connectivity index (χ4n) is 1.44. The first-order valence-electron chi connectivity index (χ1n) is 5.13. The number of pyridine rings is 1. The van der Waals surface area contributed by atoms with Crippen LogP contribution in [0.2, 0.25) is 0 Å². The van der Waals surface area contributed by atoms with Gasteiger partial charge in [0, 0.05) is 23.1 Å². The van der Waals surface area contributed by atoms with Crippen LogP contribution in [0.15, 0.2) is 18.3 Å². The first kappa shape index (κ1) is 11.7. The van der Waals surface area contributed by atoms with E-state index >= 15 is 0 Å². The molecule has 0 radical (unpaired) electrons. The van der Waals surface area contributed by atoms with Crippen LogP contribution in [0, 0.1) is 12.8 Å². The van der Waals surface area contributed by atoms with Gasteiger partial charge in [0.05, 0.1) is 0 Å². The minimum absolute atomic E-state index is 0.553. The molecule has 1 atom stereocenters. The van der Waals surface area contributed by atoms with Crippen LogP contribution in [-0.2, 0) is 6.42 Å². The van der Waals surface area contributed by atoms with Crippen LogP contribution < -0.4 is 0 Å². The lowest BCUT2D eigenvalue weighted by Gasteiger charge is -2.11. The van der Waals surface area contributed by atoms with Crippen LogP contribution in [0.5, 0.6) is 0 Å². The van der Waals surface area contributed by atoms with Crippen LogP contribution >= 0.6 is 15.9 Å². The zero-order chi connectivity index (χ0) is 10.6. The van der Waals surface area contributed by atoms with Crippen molar-refractivity contribution in [1.29, 1.82) is 0 Å². The second kappa shape index (κ2) is 5.50. The molecule has 14 heavy (non-hydrogen) atoms. The SMILES string of the molecule is Cc1ccc(CC(Br)CC(C)C)nc1. The molecule has 0 aliphatic carbocycles. The smallest absolute Gasteiger partial charge is 0.0414 e. The molecule has 0 bridgehead atoms. The average Bonchev–Trinajstić information content (AvgIpc) is 2.07. The van der Waals surface area contributed by atoms with Gasteiger partial charge in [-0.1, -0.05) is 35.8 Å². The van der Waals surface area contributed by atoms with E-state index in [1.165, 1.54) is 17.7 Å². The predicted octanol–water partition coefficient (Wildman–Crippen LogP) is 3.74. The number of hydrogen-bond acceptors (Lipinski definition) is 1. The molecule has 1 aromatic rings. The average molecular weight is 256 g/mol. The molecule has 0 aliphatic heterocycles. The molecule has 0 saturated heterocycles. The quantitative estimate of drug-likeness (QED) is 0.748. The van der Waals surface area contributed by atoms with Crippen LogP contribution in [0.4, 0.5) is 0 Å². The first-order chi connectivity index (χ1) is 6.58. The van der Waals surface area contributed by atoms with E-state index in [9.17, 15) is 0 Å². The Hall–Kier alpha value is -0.370. The number of nitrogens with zero attached hydrogens (tertiary/aromatic N) is 1. The van der Waals surface area contributed by atoms with Crippen LogP contribution in [0.25, 0.3) is 0 Å². The predicted molar refractivity (Wildman–Crippen MR) is 64.8 cm³/mol. The van der Waals surface area contributed by atoms with E-state index in [0.29, 0.717) is 4.83 Å². The molecule has 2 heteroatoms. The fourth-order valence-corrected chi connectivity index (χ4v) is 2.52. The summed E-state index contributed by atoms with van der Waals surface area (Å²) in [6.07, 6.45) is 4.17. The highest BCUT2D eigenvalue weighted by Crippen LogP contribution is 2.16. The summed E-state index contributed by atoms with van der Waals surface area (Å²) in [6, 6.07) is 4.24. The van der Waals surface area contributed by atoms with Crippen molar-refractivity contribution in [3.05, 3.63) is 29.6 Å². The van der Waals surface area contributed by atoms with Gasteiger partial charge >= 0.3 is 0 Å². The van der Waals surface area contributed by atoms with E-state index in [-0.39, 0.29) is 0 Å². The van der Waals surface area contributed by atoms with E-state index in [4.69, 9.17) is 0 Å². The molecule has 0 aliphatic rings. The fraction of sp³-hybridized carbons (Fsp3) is 0.583. The molecule has 1 nitrogen and oxygen atoms in total. The second-order valence-corrected chi connectivity index (χ2v) is 5.55. The molecule has 0 aromatic carbocycles. The summed E-state index contributed by atoms with van der Waals surface area (Å²) in [5.41, 5.74) is 2.40. The lowest BCUT2D eigenvalue weighted by molar-refractivity contribution is 0.568. The third-order valence-corrected chi connectivity index (χ3v) is 2.83. The number of halogens is 1. The number of rotatable bonds is 4. The summed E-state index contributed by atoms with van der Waals surface area (Å²) in [5, 5.41) is 0. The summed E-state index contributed by atoms with van der Waals surface area (Å²) in [4.78, 5) is 4.95. The number of aryl methyl sites for hydroxylation is 1. The van der Waals surface area contributed by atoms with Gasteiger partial charge in [-0.2, -0.15) is 0 Å². The van der Waals surface area contributed by atoms with Gasteiger partial charge in [-0.15, -0.1) is 0 Å².